The van der Waals surface area contributed by atoms with Crippen LogP contribution in [0, 0.1) is 0 Å². The lowest BCUT2D eigenvalue weighted by atomic mass is 10.0. The number of hydrogen-bond acceptors (Lipinski definition) is 4. The zero-order valence-corrected chi connectivity index (χ0v) is 13.6. The molecule has 1 aliphatic rings. The Morgan fingerprint density at radius 1 is 1.12 bits per heavy atom. The fourth-order valence-corrected chi connectivity index (χ4v) is 3.67. The number of benzene rings is 2. The molecule has 0 bridgehead atoms. The number of hydrazine groups is 1. The fraction of sp³-hybridized carbons (Fsp3) is 0.111. The summed E-state index contributed by atoms with van der Waals surface area (Å²) in [6.45, 7) is 0. The van der Waals surface area contributed by atoms with Crippen molar-refractivity contribution in [1.29, 1.82) is 0 Å². The molecule has 0 aromatic heterocycles. The smallest absolute Gasteiger partial charge is 0.283 e. The van der Waals surface area contributed by atoms with Crippen molar-refractivity contribution < 1.29 is 9.59 Å². The molecular formula is C18H16N3O2S. The summed E-state index contributed by atoms with van der Waals surface area (Å²) in [7, 11) is 0. The van der Waals surface area contributed by atoms with E-state index in [2.05, 4.69) is 29.7 Å². The molecule has 1 heterocycles. The average Bonchev–Trinajstić information content (AvgIpc) is 3.05. The number of allylic oxidation sites excluding steroid dienone is 1. The largest absolute Gasteiger partial charge is 0.337 e. The lowest BCUT2D eigenvalue weighted by Gasteiger charge is -2.24. The Morgan fingerprint density at radius 2 is 1.79 bits per heavy atom. The summed E-state index contributed by atoms with van der Waals surface area (Å²) in [5, 5.41) is 1.41. The summed E-state index contributed by atoms with van der Waals surface area (Å²) >= 11 is 1.41. The van der Waals surface area contributed by atoms with Crippen molar-refractivity contribution in [3.8, 4) is 11.1 Å². The van der Waals surface area contributed by atoms with E-state index in [9.17, 15) is 9.59 Å². The normalized spacial score (nSPS) is 16.6. The Bertz CT molecular complexity index is 760. The van der Waals surface area contributed by atoms with Crippen molar-refractivity contribution in [3.05, 3.63) is 71.3 Å². The van der Waals surface area contributed by atoms with Gasteiger partial charge in [0, 0.05) is 11.8 Å². The highest BCUT2D eigenvalue weighted by Crippen LogP contribution is 2.32. The van der Waals surface area contributed by atoms with Gasteiger partial charge in [-0.3, -0.25) is 15.1 Å². The predicted octanol–water partition coefficient (Wildman–Crippen LogP) is 2.81. The molecule has 121 valence electrons. The monoisotopic (exact) mass is 338 g/mol. The number of hydrogen-bond donors (Lipinski definition) is 2. The molecule has 2 aromatic carbocycles. The van der Waals surface area contributed by atoms with E-state index in [0.717, 1.165) is 16.7 Å². The second-order valence-electron chi connectivity index (χ2n) is 5.28. The minimum atomic E-state index is -0.513. The molecule has 2 amide bonds. The molecule has 3 rings (SSSR count). The fourth-order valence-electron chi connectivity index (χ4n) is 2.60. The van der Waals surface area contributed by atoms with E-state index in [4.69, 9.17) is 5.84 Å². The lowest BCUT2D eigenvalue weighted by molar-refractivity contribution is 0.211. The maximum Gasteiger partial charge on any atom is 0.337 e. The number of carbonyl (C=O) groups excluding carboxylic acids is 2. The van der Waals surface area contributed by atoms with Gasteiger partial charge >= 0.3 is 6.03 Å². The molecule has 1 unspecified atom stereocenters. The first kappa shape index (κ1) is 16.3. The molecule has 0 saturated carbocycles. The third kappa shape index (κ3) is 3.34. The molecule has 0 spiro atoms. The molecular weight excluding hydrogens is 322 g/mol. The lowest BCUT2D eigenvalue weighted by Crippen LogP contribution is -2.46. The Hall–Kier alpha value is -2.57. The van der Waals surface area contributed by atoms with Crippen LogP contribution in [0.1, 0.15) is 5.56 Å². The maximum atomic E-state index is 11.9. The minimum Gasteiger partial charge on any atom is -0.283 e. The standard InChI is InChI=1S/C18H16N3O2S/c19-20-18(23)21-16(11-22)12-24-17(21)10-13-6-8-15(9-7-13)14-4-2-1-3-5-14/h1-9,12,17H,10,19H2,(H,20,23). The van der Waals surface area contributed by atoms with Gasteiger partial charge in [0.25, 0.3) is 6.29 Å². The van der Waals surface area contributed by atoms with Gasteiger partial charge < -0.3 is 0 Å². The van der Waals surface area contributed by atoms with Crippen molar-refractivity contribution >= 4 is 24.1 Å². The quantitative estimate of drug-likeness (QED) is 0.511. The van der Waals surface area contributed by atoms with E-state index >= 15 is 0 Å². The van der Waals surface area contributed by atoms with Crippen LogP contribution >= 0.6 is 11.8 Å². The third-order valence-electron chi connectivity index (χ3n) is 3.80. The molecule has 3 N–H and O–H groups in total. The van der Waals surface area contributed by atoms with Gasteiger partial charge in [-0.05, 0) is 16.7 Å². The summed E-state index contributed by atoms with van der Waals surface area (Å²) in [5.41, 5.74) is 5.64. The van der Waals surface area contributed by atoms with Crippen LogP contribution in [0.25, 0.3) is 11.1 Å². The Morgan fingerprint density at radius 3 is 2.42 bits per heavy atom. The van der Waals surface area contributed by atoms with Gasteiger partial charge in [0.15, 0.2) is 0 Å². The molecule has 0 saturated heterocycles. The summed E-state index contributed by atoms with van der Waals surface area (Å²) in [6.07, 6.45) is 2.38. The number of nitrogens with two attached hydrogens (primary N) is 1. The minimum absolute atomic E-state index is 0.203. The van der Waals surface area contributed by atoms with Gasteiger partial charge in [-0.2, -0.15) is 0 Å². The number of nitrogens with zero attached hydrogens (tertiary/aromatic N) is 1. The van der Waals surface area contributed by atoms with E-state index in [-0.39, 0.29) is 11.1 Å². The molecule has 2 aromatic rings. The Labute approximate surface area is 144 Å². The summed E-state index contributed by atoms with van der Waals surface area (Å²) in [5.74, 6) is 5.20. The number of carbonyl (C=O) groups is 1. The maximum absolute atomic E-state index is 11.9. The van der Waals surface area contributed by atoms with E-state index < -0.39 is 6.03 Å². The number of thioether (sulfide) groups is 1. The van der Waals surface area contributed by atoms with Crippen molar-refractivity contribution in [2.24, 2.45) is 5.84 Å². The van der Waals surface area contributed by atoms with Crippen LogP contribution in [-0.2, 0) is 11.2 Å². The van der Waals surface area contributed by atoms with Crippen LogP contribution in [0.4, 0.5) is 4.79 Å². The van der Waals surface area contributed by atoms with Crippen molar-refractivity contribution in [3.63, 3.8) is 0 Å². The van der Waals surface area contributed by atoms with Crippen LogP contribution in [0.5, 0.6) is 0 Å². The number of rotatable bonds is 4. The Balaban J connectivity index is 1.74. The molecule has 24 heavy (non-hydrogen) atoms. The molecule has 0 aliphatic carbocycles. The van der Waals surface area contributed by atoms with Gasteiger partial charge in [0.2, 0.25) is 0 Å². The second-order valence-corrected chi connectivity index (χ2v) is 6.33. The summed E-state index contributed by atoms with van der Waals surface area (Å²) < 4.78 is 0. The average molecular weight is 338 g/mol. The third-order valence-corrected chi connectivity index (χ3v) is 4.85. The van der Waals surface area contributed by atoms with Gasteiger partial charge in [-0.1, -0.05) is 54.6 Å². The van der Waals surface area contributed by atoms with Gasteiger partial charge in [0.1, 0.15) is 5.70 Å². The van der Waals surface area contributed by atoms with E-state index in [0.29, 0.717) is 6.42 Å². The van der Waals surface area contributed by atoms with Crippen LogP contribution in [-0.4, -0.2) is 22.6 Å². The molecule has 0 fully saturated rings. The first-order valence-corrected chi connectivity index (χ1v) is 8.35. The number of nitrogens with one attached hydrogen (secondary N) is 1. The van der Waals surface area contributed by atoms with Gasteiger partial charge in [-0.15, -0.1) is 11.8 Å². The Kier molecular flexibility index (Phi) is 4.98. The molecule has 1 radical (unpaired) electrons. The molecule has 5 nitrogen and oxygen atoms in total. The van der Waals surface area contributed by atoms with Crippen LogP contribution in [0.15, 0.2) is 65.7 Å². The van der Waals surface area contributed by atoms with Gasteiger partial charge in [0.05, 0.1) is 5.37 Å². The second kappa shape index (κ2) is 7.33. The summed E-state index contributed by atoms with van der Waals surface area (Å²) in [6, 6.07) is 17.8. The molecule has 1 aliphatic heterocycles. The van der Waals surface area contributed by atoms with E-state index in [1.807, 2.05) is 30.3 Å². The van der Waals surface area contributed by atoms with Crippen molar-refractivity contribution in [2.45, 2.75) is 11.8 Å². The highest BCUT2D eigenvalue weighted by Gasteiger charge is 2.32. The van der Waals surface area contributed by atoms with Crippen LogP contribution in [0.2, 0.25) is 0 Å². The molecule has 1 atom stereocenters. The van der Waals surface area contributed by atoms with Crippen LogP contribution in [0.3, 0.4) is 0 Å². The number of amides is 2. The molecule has 6 heteroatoms. The zero-order valence-electron chi connectivity index (χ0n) is 12.8. The predicted molar refractivity (Wildman–Crippen MR) is 95.3 cm³/mol. The highest BCUT2D eigenvalue weighted by atomic mass is 32.2. The number of urea groups is 1. The SMILES string of the molecule is NNC(=O)N1C([C]=O)=CSC1Cc1ccc(-c2ccccc2)cc1. The van der Waals surface area contributed by atoms with Crippen LogP contribution < -0.4 is 11.3 Å². The van der Waals surface area contributed by atoms with Crippen molar-refractivity contribution in [1.82, 2.24) is 10.3 Å². The van der Waals surface area contributed by atoms with Gasteiger partial charge in [-0.25, -0.2) is 10.6 Å². The summed E-state index contributed by atoms with van der Waals surface area (Å²) in [4.78, 5) is 24.2. The zero-order chi connectivity index (χ0) is 16.9. The van der Waals surface area contributed by atoms with E-state index in [1.165, 1.54) is 16.7 Å². The first-order valence-electron chi connectivity index (χ1n) is 7.41. The van der Waals surface area contributed by atoms with Crippen molar-refractivity contribution in [2.75, 3.05) is 0 Å². The highest BCUT2D eigenvalue weighted by molar-refractivity contribution is 8.03. The van der Waals surface area contributed by atoms with E-state index in [1.54, 1.807) is 11.7 Å². The first-order chi connectivity index (χ1) is 11.7. The topological polar surface area (TPSA) is 75.4 Å².